The molecule has 3 atom stereocenters. The van der Waals surface area contributed by atoms with Crippen molar-refractivity contribution >= 4 is 5.91 Å². The largest absolute Gasteiger partial charge is 0.378 e. The first kappa shape index (κ1) is 22.9. The number of carbonyl (C=O) groups excluding carboxylic acids is 1. The molecule has 0 radical (unpaired) electrons. The number of nitrogens with one attached hydrogen (secondary N) is 1. The van der Waals surface area contributed by atoms with Gasteiger partial charge >= 0.3 is 0 Å². The fourth-order valence-corrected chi connectivity index (χ4v) is 4.43. The molecule has 0 bridgehead atoms. The van der Waals surface area contributed by atoms with Crippen LogP contribution in [-0.4, -0.2) is 45.8 Å². The van der Waals surface area contributed by atoms with Crippen LogP contribution in [0.15, 0.2) is 89.5 Å². The number of aromatic nitrogens is 2. The van der Waals surface area contributed by atoms with Crippen molar-refractivity contribution in [3.63, 3.8) is 0 Å². The zero-order valence-electron chi connectivity index (χ0n) is 19.2. The zero-order chi connectivity index (χ0) is 24.2. The summed E-state index contributed by atoms with van der Waals surface area (Å²) in [6.07, 6.45) is -0.497. The van der Waals surface area contributed by atoms with Crippen LogP contribution in [0.3, 0.4) is 0 Å². The molecular weight excluding hydrogens is 444 g/mol. The number of likely N-dealkylation sites (tertiary alicyclic amines) is 1. The van der Waals surface area contributed by atoms with E-state index in [1.54, 1.807) is 24.1 Å². The first-order valence-electron chi connectivity index (χ1n) is 11.5. The van der Waals surface area contributed by atoms with Gasteiger partial charge in [0.1, 0.15) is 0 Å². The number of aliphatic hydroxyl groups excluding tert-OH is 1. The van der Waals surface area contributed by atoms with Gasteiger partial charge in [-0.15, -0.1) is 0 Å². The predicted octanol–water partition coefficient (Wildman–Crippen LogP) is 3.93. The Morgan fingerprint density at radius 1 is 1.03 bits per heavy atom. The lowest BCUT2D eigenvalue weighted by molar-refractivity contribution is 0.0591. The van der Waals surface area contributed by atoms with Gasteiger partial charge < -0.3 is 19.4 Å². The molecular formula is C27H26N4O4. The van der Waals surface area contributed by atoms with E-state index in [1.165, 1.54) is 0 Å². The number of hydrogen-bond donors (Lipinski definition) is 2. The summed E-state index contributed by atoms with van der Waals surface area (Å²) in [5.41, 5.74) is 6.29. The van der Waals surface area contributed by atoms with Crippen molar-refractivity contribution in [1.82, 2.24) is 20.5 Å². The van der Waals surface area contributed by atoms with Crippen LogP contribution in [0.4, 0.5) is 0 Å². The smallest absolute Gasteiger partial charge is 0.260 e. The third-order valence-electron chi connectivity index (χ3n) is 6.19. The maximum Gasteiger partial charge on any atom is 0.260 e. The highest BCUT2D eigenvalue weighted by atomic mass is 16.6. The number of amides is 1. The number of hydroxylamine groups is 1. The van der Waals surface area contributed by atoms with Gasteiger partial charge in [0.05, 0.1) is 19.2 Å². The fourth-order valence-electron chi connectivity index (χ4n) is 4.43. The van der Waals surface area contributed by atoms with Crippen molar-refractivity contribution in [3.05, 3.63) is 108 Å². The lowest BCUT2D eigenvalue weighted by Gasteiger charge is -2.22. The Morgan fingerprint density at radius 2 is 1.69 bits per heavy atom. The van der Waals surface area contributed by atoms with E-state index in [9.17, 15) is 9.90 Å². The number of benzene rings is 3. The highest BCUT2D eigenvalue weighted by Gasteiger charge is 2.39. The minimum Gasteiger partial charge on any atom is -0.378 e. The minimum atomic E-state index is -1.04. The Morgan fingerprint density at radius 3 is 2.37 bits per heavy atom. The molecule has 2 N–H and O–H groups in total. The number of nitrogens with zero attached hydrogens (tertiary/aromatic N) is 3. The molecule has 0 spiro atoms. The molecule has 3 aromatic carbocycles. The average Bonchev–Trinajstić information content (AvgIpc) is 3.57. The lowest BCUT2D eigenvalue weighted by Crippen LogP contribution is -2.35. The van der Waals surface area contributed by atoms with E-state index in [-0.39, 0.29) is 17.8 Å². The number of carbonyl (C=O) groups is 1. The first-order valence-corrected chi connectivity index (χ1v) is 11.5. The molecule has 0 saturated carbocycles. The van der Waals surface area contributed by atoms with Gasteiger partial charge in [0.15, 0.2) is 11.9 Å². The fraction of sp³-hybridized carbons (Fsp3) is 0.222. The Bertz CT molecular complexity index is 1260. The molecule has 5 rings (SSSR count). The third-order valence-corrected chi connectivity index (χ3v) is 6.19. The van der Waals surface area contributed by atoms with E-state index < -0.39 is 12.1 Å². The Kier molecular flexibility index (Phi) is 6.67. The number of rotatable bonds is 7. The van der Waals surface area contributed by atoms with Gasteiger partial charge in [-0.05, 0) is 35.2 Å². The predicted molar refractivity (Wildman–Crippen MR) is 129 cm³/mol. The molecule has 8 heteroatoms. The molecule has 1 aliphatic rings. The first-order chi connectivity index (χ1) is 17.1. The van der Waals surface area contributed by atoms with Crippen molar-refractivity contribution < 1.29 is 19.3 Å². The van der Waals surface area contributed by atoms with E-state index in [0.717, 1.165) is 11.1 Å². The quantitative estimate of drug-likeness (QED) is 0.395. The molecule has 178 valence electrons. The van der Waals surface area contributed by atoms with E-state index in [1.807, 2.05) is 72.8 Å². The van der Waals surface area contributed by atoms with Crippen LogP contribution >= 0.6 is 0 Å². The monoisotopic (exact) mass is 470 g/mol. The van der Waals surface area contributed by atoms with Gasteiger partial charge in [-0.2, -0.15) is 10.5 Å². The zero-order valence-corrected chi connectivity index (χ0v) is 19.2. The van der Waals surface area contributed by atoms with Crippen molar-refractivity contribution in [3.8, 4) is 11.1 Å². The Labute approximate surface area is 203 Å². The molecule has 1 fully saturated rings. The van der Waals surface area contributed by atoms with Crippen molar-refractivity contribution in [2.75, 3.05) is 13.7 Å². The van der Waals surface area contributed by atoms with Gasteiger partial charge in [0.25, 0.3) is 11.8 Å². The summed E-state index contributed by atoms with van der Waals surface area (Å²) >= 11 is 0. The molecule has 35 heavy (non-hydrogen) atoms. The minimum absolute atomic E-state index is 0.0916. The SMILES string of the molecule is CONC1CC(c2noc(C(O)c3ccccc3)n2)N(C(=O)c2ccc(-c3ccccc3)cc2)C1. The molecule has 1 saturated heterocycles. The van der Waals surface area contributed by atoms with E-state index in [0.29, 0.717) is 29.9 Å². The molecule has 8 nitrogen and oxygen atoms in total. The maximum atomic E-state index is 13.5. The molecule has 4 aromatic rings. The summed E-state index contributed by atoms with van der Waals surface area (Å²) in [6.45, 7) is 0.420. The normalized spacial score (nSPS) is 18.5. The molecule has 1 amide bonds. The van der Waals surface area contributed by atoms with Crippen molar-refractivity contribution in [2.45, 2.75) is 24.6 Å². The van der Waals surface area contributed by atoms with Gasteiger partial charge in [-0.3, -0.25) is 4.79 Å². The second-order valence-corrected chi connectivity index (χ2v) is 8.48. The number of hydrogen-bond acceptors (Lipinski definition) is 7. The van der Waals surface area contributed by atoms with Crippen LogP contribution in [-0.2, 0) is 4.84 Å². The highest BCUT2D eigenvalue weighted by molar-refractivity contribution is 5.95. The molecule has 0 aliphatic carbocycles. The van der Waals surface area contributed by atoms with Crippen LogP contribution in [0.25, 0.3) is 11.1 Å². The second-order valence-electron chi connectivity index (χ2n) is 8.48. The molecule has 1 aliphatic heterocycles. The van der Waals surface area contributed by atoms with Crippen LogP contribution < -0.4 is 5.48 Å². The van der Waals surface area contributed by atoms with Gasteiger partial charge in [-0.1, -0.05) is 78.0 Å². The Hall–Kier alpha value is -3.85. The van der Waals surface area contributed by atoms with E-state index in [4.69, 9.17) is 9.36 Å². The summed E-state index contributed by atoms with van der Waals surface area (Å²) in [4.78, 5) is 24.8. The Balaban J connectivity index is 1.38. The molecule has 2 heterocycles. The van der Waals surface area contributed by atoms with Gasteiger partial charge in [0.2, 0.25) is 0 Å². The van der Waals surface area contributed by atoms with Crippen LogP contribution in [0.2, 0.25) is 0 Å². The van der Waals surface area contributed by atoms with Crippen LogP contribution in [0.5, 0.6) is 0 Å². The van der Waals surface area contributed by atoms with Crippen LogP contribution in [0, 0.1) is 0 Å². The summed E-state index contributed by atoms with van der Waals surface area (Å²) in [6, 6.07) is 26.2. The van der Waals surface area contributed by atoms with Gasteiger partial charge in [-0.25, -0.2) is 0 Å². The van der Waals surface area contributed by atoms with Gasteiger partial charge in [0, 0.05) is 12.1 Å². The van der Waals surface area contributed by atoms with E-state index in [2.05, 4.69) is 15.6 Å². The second kappa shape index (κ2) is 10.2. The summed E-state index contributed by atoms with van der Waals surface area (Å²) in [7, 11) is 1.55. The van der Waals surface area contributed by atoms with Crippen molar-refractivity contribution in [1.29, 1.82) is 0 Å². The molecule has 1 aromatic heterocycles. The summed E-state index contributed by atoms with van der Waals surface area (Å²) in [5.74, 6) is 0.309. The molecule has 3 unspecified atom stereocenters. The van der Waals surface area contributed by atoms with E-state index >= 15 is 0 Å². The standard InChI is InChI=1S/C27H26N4O4/c1-34-29-22-16-23(25-28-26(35-30-25)24(32)20-10-6-3-7-11-20)31(17-22)27(33)21-14-12-19(13-15-21)18-8-4-2-5-9-18/h2-15,22-24,29,32H,16-17H2,1H3. The summed E-state index contributed by atoms with van der Waals surface area (Å²) < 4.78 is 5.39. The number of aliphatic hydroxyl groups is 1. The third kappa shape index (κ3) is 4.85. The average molecular weight is 471 g/mol. The van der Waals surface area contributed by atoms with Crippen molar-refractivity contribution in [2.24, 2.45) is 0 Å². The highest BCUT2D eigenvalue weighted by Crippen LogP contribution is 2.33. The topological polar surface area (TPSA) is 101 Å². The maximum absolute atomic E-state index is 13.5. The van der Waals surface area contributed by atoms with Crippen LogP contribution in [0.1, 0.15) is 46.2 Å². The summed E-state index contributed by atoms with van der Waals surface area (Å²) in [5, 5.41) is 14.8. The lowest BCUT2D eigenvalue weighted by atomic mass is 10.0.